The largest absolute Gasteiger partial charge is 0.437 e. The Hall–Kier alpha value is -1.79. The van der Waals surface area contributed by atoms with Crippen LogP contribution in [0.2, 0.25) is 0 Å². The van der Waals surface area contributed by atoms with Crippen LogP contribution in [0.25, 0.3) is 0 Å². The number of nitrogen functional groups attached to an aromatic ring is 1. The van der Waals surface area contributed by atoms with E-state index in [4.69, 9.17) is 10.6 Å². The second kappa shape index (κ2) is 5.70. The molecule has 0 aliphatic rings. The number of ether oxygens (including phenoxy) is 1. The van der Waals surface area contributed by atoms with E-state index in [-0.39, 0.29) is 0 Å². The van der Waals surface area contributed by atoms with Crippen LogP contribution in [0.4, 0.5) is 5.95 Å². The maximum absolute atomic E-state index is 5.81. The second-order valence-corrected chi connectivity index (χ2v) is 4.43. The van der Waals surface area contributed by atoms with Crippen molar-refractivity contribution in [2.75, 3.05) is 11.7 Å². The minimum absolute atomic E-state index is 0.331. The smallest absolute Gasteiger partial charge is 0.240 e. The molecular weight excluding hydrogens is 248 g/mol. The lowest BCUT2D eigenvalue weighted by molar-refractivity contribution is 0.447. The van der Waals surface area contributed by atoms with E-state index in [1.165, 1.54) is 0 Å². The molecule has 18 heavy (non-hydrogen) atoms. The van der Waals surface area contributed by atoms with Gasteiger partial charge in [-0.15, -0.1) is 11.8 Å². The number of aromatic nitrogens is 2. The monoisotopic (exact) mass is 262 g/mol. The summed E-state index contributed by atoms with van der Waals surface area (Å²) >= 11 is 1.62. The molecule has 94 valence electrons. The van der Waals surface area contributed by atoms with Crippen molar-refractivity contribution in [3.63, 3.8) is 0 Å². The molecule has 3 N–H and O–H groups in total. The van der Waals surface area contributed by atoms with Crippen molar-refractivity contribution in [2.24, 2.45) is 5.84 Å². The summed E-state index contributed by atoms with van der Waals surface area (Å²) in [5.41, 5.74) is 3.25. The second-order valence-electron chi connectivity index (χ2n) is 3.58. The predicted molar refractivity (Wildman–Crippen MR) is 72.9 cm³/mol. The molecular formula is C12H14N4OS. The van der Waals surface area contributed by atoms with Gasteiger partial charge in [-0.2, -0.15) is 4.98 Å². The van der Waals surface area contributed by atoms with Gasteiger partial charge in [0.2, 0.25) is 11.8 Å². The lowest BCUT2D eigenvalue weighted by atomic mass is 10.3. The molecule has 0 fully saturated rings. The number of nitrogens with zero attached hydrogens (tertiary/aromatic N) is 2. The van der Waals surface area contributed by atoms with Crippen LogP contribution in [0.5, 0.6) is 11.6 Å². The summed E-state index contributed by atoms with van der Waals surface area (Å²) in [5, 5.41) is 0. The van der Waals surface area contributed by atoms with Crippen molar-refractivity contribution in [3.05, 3.63) is 36.0 Å². The molecule has 6 heteroatoms. The number of thioether (sulfide) groups is 1. The Bertz CT molecular complexity index is 547. The zero-order valence-corrected chi connectivity index (χ0v) is 11.0. The van der Waals surface area contributed by atoms with Crippen LogP contribution in [0.3, 0.4) is 0 Å². The summed E-state index contributed by atoms with van der Waals surface area (Å²) in [5.74, 6) is 6.89. The van der Waals surface area contributed by atoms with Crippen molar-refractivity contribution in [1.82, 2.24) is 9.97 Å². The van der Waals surface area contributed by atoms with Gasteiger partial charge in [-0.1, -0.05) is 12.1 Å². The van der Waals surface area contributed by atoms with Gasteiger partial charge in [0.15, 0.2) is 0 Å². The van der Waals surface area contributed by atoms with Crippen molar-refractivity contribution < 1.29 is 4.74 Å². The highest BCUT2D eigenvalue weighted by Crippen LogP contribution is 2.31. The Morgan fingerprint density at radius 3 is 2.83 bits per heavy atom. The lowest BCUT2D eigenvalue weighted by Crippen LogP contribution is -2.11. The number of benzene rings is 1. The average Bonchev–Trinajstić information content (AvgIpc) is 2.42. The van der Waals surface area contributed by atoms with Crippen molar-refractivity contribution >= 4 is 17.7 Å². The molecule has 0 atom stereocenters. The number of hydrogen-bond donors (Lipinski definition) is 2. The third kappa shape index (κ3) is 2.72. The van der Waals surface area contributed by atoms with Crippen LogP contribution >= 0.6 is 11.8 Å². The van der Waals surface area contributed by atoms with Crippen LogP contribution in [0, 0.1) is 6.92 Å². The minimum atomic E-state index is 0.331. The van der Waals surface area contributed by atoms with Gasteiger partial charge < -0.3 is 4.74 Å². The van der Waals surface area contributed by atoms with E-state index in [9.17, 15) is 0 Å². The molecule has 0 saturated carbocycles. The molecule has 0 aliphatic carbocycles. The lowest BCUT2D eigenvalue weighted by Gasteiger charge is -2.11. The fourth-order valence-electron chi connectivity index (χ4n) is 1.41. The molecule has 2 aromatic rings. The Morgan fingerprint density at radius 1 is 1.33 bits per heavy atom. The van der Waals surface area contributed by atoms with E-state index in [2.05, 4.69) is 15.4 Å². The van der Waals surface area contributed by atoms with E-state index in [1.54, 1.807) is 18.0 Å². The molecule has 0 bridgehead atoms. The third-order valence-corrected chi connectivity index (χ3v) is 3.11. The van der Waals surface area contributed by atoms with E-state index in [1.807, 2.05) is 37.4 Å². The molecule has 0 amide bonds. The molecule has 1 aromatic heterocycles. The minimum Gasteiger partial charge on any atom is -0.437 e. The predicted octanol–water partition coefficient (Wildman–Crippen LogP) is 2.58. The molecule has 1 heterocycles. The van der Waals surface area contributed by atoms with Crippen LogP contribution in [0.15, 0.2) is 35.4 Å². The molecule has 0 aliphatic heterocycles. The molecule has 5 nitrogen and oxygen atoms in total. The number of nitrogens with two attached hydrogens (primary N) is 1. The van der Waals surface area contributed by atoms with E-state index < -0.39 is 0 Å². The van der Waals surface area contributed by atoms with E-state index in [0.717, 1.165) is 16.2 Å². The summed E-state index contributed by atoms with van der Waals surface area (Å²) in [6.45, 7) is 1.89. The SMILES string of the molecule is CSc1ccccc1Oc1nc(NN)ncc1C. The molecule has 2 rings (SSSR count). The molecule has 0 saturated heterocycles. The van der Waals surface area contributed by atoms with Gasteiger partial charge in [0.1, 0.15) is 5.75 Å². The van der Waals surface area contributed by atoms with Gasteiger partial charge in [0, 0.05) is 16.7 Å². The highest BCUT2D eigenvalue weighted by atomic mass is 32.2. The first kappa shape index (κ1) is 12.7. The normalized spacial score (nSPS) is 10.2. The number of anilines is 1. The number of aryl methyl sites for hydroxylation is 1. The van der Waals surface area contributed by atoms with Crippen molar-refractivity contribution in [3.8, 4) is 11.6 Å². The Morgan fingerprint density at radius 2 is 2.11 bits per heavy atom. The zero-order valence-electron chi connectivity index (χ0n) is 10.2. The maximum Gasteiger partial charge on any atom is 0.240 e. The summed E-state index contributed by atoms with van der Waals surface area (Å²) in [6, 6.07) is 7.80. The van der Waals surface area contributed by atoms with Crippen molar-refractivity contribution in [2.45, 2.75) is 11.8 Å². The molecule has 0 unspecified atom stereocenters. The van der Waals surface area contributed by atoms with Crippen LogP contribution in [-0.2, 0) is 0 Å². The summed E-state index contributed by atoms with van der Waals surface area (Å²) in [4.78, 5) is 9.25. The first-order valence-electron chi connectivity index (χ1n) is 5.35. The van der Waals surface area contributed by atoms with Gasteiger partial charge >= 0.3 is 0 Å². The number of rotatable bonds is 4. The fourth-order valence-corrected chi connectivity index (χ4v) is 1.93. The molecule has 0 radical (unpaired) electrons. The maximum atomic E-state index is 5.81. The quantitative estimate of drug-likeness (QED) is 0.501. The van der Waals surface area contributed by atoms with Gasteiger partial charge in [-0.3, -0.25) is 5.43 Å². The highest BCUT2D eigenvalue weighted by molar-refractivity contribution is 7.98. The summed E-state index contributed by atoms with van der Waals surface area (Å²) in [7, 11) is 0. The number of para-hydroxylation sites is 1. The topological polar surface area (TPSA) is 73.1 Å². The van der Waals surface area contributed by atoms with E-state index >= 15 is 0 Å². The zero-order chi connectivity index (χ0) is 13.0. The summed E-state index contributed by atoms with van der Waals surface area (Å²) < 4.78 is 5.81. The standard InChI is InChI=1S/C12H14N4OS/c1-8-7-14-12(16-13)15-11(8)17-9-5-3-4-6-10(9)18-2/h3-7H,13H2,1-2H3,(H,14,15,16). The Balaban J connectivity index is 2.33. The van der Waals surface area contributed by atoms with Gasteiger partial charge in [-0.05, 0) is 25.3 Å². The van der Waals surface area contributed by atoms with Gasteiger partial charge in [0.25, 0.3) is 0 Å². The van der Waals surface area contributed by atoms with E-state index in [0.29, 0.717) is 11.8 Å². The van der Waals surface area contributed by atoms with Gasteiger partial charge in [-0.25, -0.2) is 10.8 Å². The van der Waals surface area contributed by atoms with Crippen LogP contribution < -0.4 is 16.0 Å². The first-order chi connectivity index (χ1) is 8.74. The number of hydrogen-bond acceptors (Lipinski definition) is 6. The Labute approximate surface area is 110 Å². The average molecular weight is 262 g/mol. The number of nitrogens with one attached hydrogen (secondary N) is 1. The number of hydrazine groups is 1. The van der Waals surface area contributed by atoms with Gasteiger partial charge in [0.05, 0.1) is 0 Å². The summed E-state index contributed by atoms with van der Waals surface area (Å²) in [6.07, 6.45) is 3.67. The molecule has 0 spiro atoms. The molecule has 1 aromatic carbocycles. The third-order valence-electron chi connectivity index (χ3n) is 2.33. The Kier molecular flexibility index (Phi) is 4.01. The fraction of sp³-hybridized carbons (Fsp3) is 0.167. The van der Waals surface area contributed by atoms with Crippen LogP contribution in [0.1, 0.15) is 5.56 Å². The first-order valence-corrected chi connectivity index (χ1v) is 6.58. The van der Waals surface area contributed by atoms with Crippen LogP contribution in [-0.4, -0.2) is 16.2 Å². The van der Waals surface area contributed by atoms with Crippen molar-refractivity contribution in [1.29, 1.82) is 0 Å². The highest BCUT2D eigenvalue weighted by Gasteiger charge is 2.08.